The molecular weight excluding hydrogens is 330 g/mol. The SMILES string of the molecule is Cc1cc2nc(-c3cc(Br)ccc3N)c(=O)[nH]c2cc1C. The monoisotopic (exact) mass is 343 g/mol. The fourth-order valence-corrected chi connectivity index (χ4v) is 2.62. The van der Waals surface area contributed by atoms with Crippen molar-refractivity contribution in [3.05, 3.63) is 56.3 Å². The third-order valence-corrected chi connectivity index (χ3v) is 4.07. The van der Waals surface area contributed by atoms with Crippen molar-refractivity contribution < 1.29 is 0 Å². The fourth-order valence-electron chi connectivity index (χ4n) is 2.26. The van der Waals surface area contributed by atoms with Gasteiger partial charge in [0.25, 0.3) is 5.56 Å². The second-order valence-electron chi connectivity index (χ2n) is 5.10. The Kier molecular flexibility index (Phi) is 3.29. The number of benzene rings is 2. The summed E-state index contributed by atoms with van der Waals surface area (Å²) in [5.74, 6) is 0. The van der Waals surface area contributed by atoms with Crippen LogP contribution in [0.3, 0.4) is 0 Å². The highest BCUT2D eigenvalue weighted by atomic mass is 79.9. The molecule has 3 rings (SSSR count). The quantitative estimate of drug-likeness (QED) is 0.663. The van der Waals surface area contributed by atoms with Gasteiger partial charge in [-0.05, 0) is 55.3 Å². The molecule has 2 aromatic carbocycles. The molecule has 0 aliphatic heterocycles. The van der Waals surface area contributed by atoms with E-state index in [1.807, 2.05) is 32.0 Å². The Morgan fingerprint density at radius 2 is 1.86 bits per heavy atom. The number of halogens is 1. The molecule has 0 spiro atoms. The maximum absolute atomic E-state index is 12.3. The molecule has 3 N–H and O–H groups in total. The summed E-state index contributed by atoms with van der Waals surface area (Å²) >= 11 is 3.39. The number of nitrogens with zero attached hydrogens (tertiary/aromatic N) is 1. The molecule has 21 heavy (non-hydrogen) atoms. The van der Waals surface area contributed by atoms with E-state index in [0.29, 0.717) is 16.9 Å². The summed E-state index contributed by atoms with van der Waals surface area (Å²) in [6.45, 7) is 4.03. The Balaban J connectivity index is 2.33. The van der Waals surface area contributed by atoms with Crippen molar-refractivity contribution >= 4 is 32.7 Å². The van der Waals surface area contributed by atoms with Crippen molar-refractivity contribution in [2.24, 2.45) is 0 Å². The van der Waals surface area contributed by atoms with E-state index in [9.17, 15) is 4.79 Å². The minimum absolute atomic E-state index is 0.240. The lowest BCUT2D eigenvalue weighted by Gasteiger charge is -2.08. The molecule has 1 heterocycles. The number of anilines is 1. The van der Waals surface area contributed by atoms with Gasteiger partial charge in [-0.25, -0.2) is 4.98 Å². The summed E-state index contributed by atoms with van der Waals surface area (Å²) in [6, 6.07) is 9.30. The molecule has 1 aromatic heterocycles. The minimum Gasteiger partial charge on any atom is -0.398 e. The molecule has 5 heteroatoms. The van der Waals surface area contributed by atoms with E-state index in [1.165, 1.54) is 0 Å². The van der Waals surface area contributed by atoms with Crippen molar-refractivity contribution in [3.63, 3.8) is 0 Å². The zero-order valence-corrected chi connectivity index (χ0v) is 13.3. The number of nitrogens with one attached hydrogen (secondary N) is 1. The summed E-state index contributed by atoms with van der Waals surface area (Å²) in [4.78, 5) is 19.7. The van der Waals surface area contributed by atoms with E-state index >= 15 is 0 Å². The van der Waals surface area contributed by atoms with Crippen LogP contribution < -0.4 is 11.3 Å². The number of fused-ring (bicyclic) bond motifs is 1. The number of H-pyrrole nitrogens is 1. The predicted molar refractivity (Wildman–Crippen MR) is 89.4 cm³/mol. The lowest BCUT2D eigenvalue weighted by Crippen LogP contribution is -2.12. The summed E-state index contributed by atoms with van der Waals surface area (Å²) in [5.41, 5.74) is 11.0. The number of hydrogen-bond donors (Lipinski definition) is 2. The van der Waals surface area contributed by atoms with Gasteiger partial charge in [-0.3, -0.25) is 4.79 Å². The van der Waals surface area contributed by atoms with Gasteiger partial charge < -0.3 is 10.7 Å². The van der Waals surface area contributed by atoms with E-state index in [1.54, 1.807) is 12.1 Å². The molecule has 0 unspecified atom stereocenters. The molecule has 0 atom stereocenters. The van der Waals surface area contributed by atoms with Gasteiger partial charge in [0.15, 0.2) is 0 Å². The summed E-state index contributed by atoms with van der Waals surface area (Å²) in [6.07, 6.45) is 0. The molecule has 0 aliphatic carbocycles. The van der Waals surface area contributed by atoms with Crippen LogP contribution >= 0.6 is 15.9 Å². The maximum atomic E-state index is 12.3. The number of aromatic nitrogens is 2. The maximum Gasteiger partial charge on any atom is 0.275 e. The first-order chi connectivity index (χ1) is 9.95. The van der Waals surface area contributed by atoms with Gasteiger partial charge in [0.2, 0.25) is 0 Å². The normalized spacial score (nSPS) is 11.0. The van der Waals surface area contributed by atoms with Crippen LogP contribution in [0.15, 0.2) is 39.6 Å². The lowest BCUT2D eigenvalue weighted by molar-refractivity contribution is 1.21. The van der Waals surface area contributed by atoms with Gasteiger partial charge in [-0.1, -0.05) is 15.9 Å². The topological polar surface area (TPSA) is 71.8 Å². The van der Waals surface area contributed by atoms with Crippen molar-refractivity contribution in [3.8, 4) is 11.3 Å². The number of aromatic amines is 1. The van der Waals surface area contributed by atoms with Crippen molar-refractivity contribution in [1.29, 1.82) is 0 Å². The average Bonchev–Trinajstić information content (AvgIpc) is 2.43. The fraction of sp³-hybridized carbons (Fsp3) is 0.125. The Bertz CT molecular complexity index is 915. The van der Waals surface area contributed by atoms with Crippen molar-refractivity contribution in [2.75, 3.05) is 5.73 Å². The first kappa shape index (κ1) is 13.8. The first-order valence-electron chi connectivity index (χ1n) is 6.52. The number of aryl methyl sites for hydroxylation is 2. The van der Waals surface area contributed by atoms with Crippen LogP contribution in [-0.4, -0.2) is 9.97 Å². The highest BCUT2D eigenvalue weighted by molar-refractivity contribution is 9.10. The average molecular weight is 344 g/mol. The van der Waals surface area contributed by atoms with Gasteiger partial charge in [0, 0.05) is 15.7 Å². The Labute approximate surface area is 130 Å². The molecule has 0 bridgehead atoms. The zero-order chi connectivity index (χ0) is 15.1. The van der Waals surface area contributed by atoms with Crippen LogP contribution in [0.5, 0.6) is 0 Å². The molecular formula is C16H14BrN3O. The van der Waals surface area contributed by atoms with Gasteiger partial charge in [-0.15, -0.1) is 0 Å². The molecule has 3 aromatic rings. The lowest BCUT2D eigenvalue weighted by atomic mass is 10.1. The number of nitrogens with two attached hydrogens (primary N) is 1. The van der Waals surface area contributed by atoms with E-state index in [4.69, 9.17) is 5.73 Å². The third-order valence-electron chi connectivity index (χ3n) is 3.58. The Morgan fingerprint density at radius 1 is 1.14 bits per heavy atom. The third kappa shape index (κ3) is 2.45. The smallest absolute Gasteiger partial charge is 0.275 e. The molecule has 0 amide bonds. The van der Waals surface area contributed by atoms with Crippen LogP contribution in [0, 0.1) is 13.8 Å². The van der Waals surface area contributed by atoms with Crippen LogP contribution in [0.4, 0.5) is 5.69 Å². The molecule has 0 saturated carbocycles. The number of hydrogen-bond acceptors (Lipinski definition) is 3. The van der Waals surface area contributed by atoms with Crippen molar-refractivity contribution in [1.82, 2.24) is 9.97 Å². The van der Waals surface area contributed by atoms with Gasteiger partial charge in [-0.2, -0.15) is 0 Å². The van der Waals surface area contributed by atoms with E-state index in [-0.39, 0.29) is 5.56 Å². The first-order valence-corrected chi connectivity index (χ1v) is 7.31. The summed E-state index contributed by atoms with van der Waals surface area (Å²) in [7, 11) is 0. The van der Waals surface area contributed by atoms with E-state index < -0.39 is 0 Å². The highest BCUT2D eigenvalue weighted by Gasteiger charge is 2.12. The predicted octanol–water partition coefficient (Wildman–Crippen LogP) is 3.55. The molecule has 106 valence electrons. The van der Waals surface area contributed by atoms with Crippen molar-refractivity contribution in [2.45, 2.75) is 13.8 Å². The minimum atomic E-state index is -0.240. The van der Waals surface area contributed by atoms with E-state index in [0.717, 1.165) is 26.6 Å². The summed E-state index contributed by atoms with van der Waals surface area (Å²) in [5, 5.41) is 0. The Hall–Kier alpha value is -2.14. The molecule has 0 aliphatic rings. The van der Waals surface area contributed by atoms with Crippen LogP contribution in [-0.2, 0) is 0 Å². The van der Waals surface area contributed by atoms with E-state index in [2.05, 4.69) is 25.9 Å². The van der Waals surface area contributed by atoms with Gasteiger partial charge in [0.05, 0.1) is 11.0 Å². The molecule has 0 radical (unpaired) electrons. The van der Waals surface area contributed by atoms with Gasteiger partial charge >= 0.3 is 0 Å². The van der Waals surface area contributed by atoms with Crippen LogP contribution in [0.1, 0.15) is 11.1 Å². The summed E-state index contributed by atoms with van der Waals surface area (Å²) < 4.78 is 0.855. The van der Waals surface area contributed by atoms with Gasteiger partial charge in [0.1, 0.15) is 5.69 Å². The second kappa shape index (κ2) is 5.00. The second-order valence-corrected chi connectivity index (χ2v) is 6.02. The molecule has 0 fully saturated rings. The van der Waals surface area contributed by atoms with Crippen LogP contribution in [0.2, 0.25) is 0 Å². The highest BCUT2D eigenvalue weighted by Crippen LogP contribution is 2.26. The molecule has 0 saturated heterocycles. The molecule has 4 nitrogen and oxygen atoms in total. The Morgan fingerprint density at radius 3 is 2.62 bits per heavy atom. The number of rotatable bonds is 1. The largest absolute Gasteiger partial charge is 0.398 e. The van der Waals surface area contributed by atoms with Crippen LogP contribution in [0.25, 0.3) is 22.3 Å². The standard InChI is InChI=1S/C16H14BrN3O/c1-8-5-13-14(6-9(8)2)20-16(21)15(19-13)11-7-10(17)3-4-12(11)18/h3-7H,18H2,1-2H3,(H,20,21). The number of nitrogen functional groups attached to an aromatic ring is 1. The zero-order valence-electron chi connectivity index (χ0n) is 11.7.